The molecular weight excluding hydrogens is 220 g/mol. The van der Waals surface area contributed by atoms with Crippen molar-refractivity contribution in [2.24, 2.45) is 5.73 Å². The molecule has 0 bridgehead atoms. The molecule has 15 heavy (non-hydrogen) atoms. The largest absolute Gasteiger partial charge is 0.478 e. The molecule has 1 amide bonds. The molecule has 3 N–H and O–H groups in total. The molecule has 1 heterocycles. The number of nitrogens with zero attached hydrogens (tertiary/aromatic N) is 1. The lowest BCUT2D eigenvalue weighted by Gasteiger charge is -1.93. The molecule has 0 radical (unpaired) electrons. The lowest BCUT2D eigenvalue weighted by atomic mass is 10.3. The predicted molar refractivity (Wildman–Crippen MR) is 54.2 cm³/mol. The van der Waals surface area contributed by atoms with Crippen molar-refractivity contribution in [2.75, 3.05) is 0 Å². The number of hydrogen-bond acceptors (Lipinski definition) is 3. The molecule has 1 rings (SSSR count). The number of terminal acetylenes is 1. The molecule has 0 aliphatic rings. The maximum atomic E-state index is 10.3. The average Bonchev–Trinajstić information content (AvgIpc) is 2.19. The number of aromatic carboxylic acids is 1. The van der Waals surface area contributed by atoms with E-state index in [1.165, 1.54) is 18.3 Å². The number of rotatable bonds is 1. The Bertz CT molecular complexity index is 412. The summed E-state index contributed by atoms with van der Waals surface area (Å²) in [4.78, 5) is 23.2. The van der Waals surface area contributed by atoms with Crippen molar-refractivity contribution in [2.45, 2.75) is 0 Å². The summed E-state index contributed by atoms with van der Waals surface area (Å²) in [6.07, 6.45) is 5.89. The van der Waals surface area contributed by atoms with Gasteiger partial charge in [-0.25, -0.2) is 9.78 Å². The van der Waals surface area contributed by atoms with Gasteiger partial charge in [0.1, 0.15) is 5.15 Å². The molecule has 0 saturated heterocycles. The second-order valence-corrected chi connectivity index (χ2v) is 2.51. The van der Waals surface area contributed by atoms with Crippen molar-refractivity contribution in [3.63, 3.8) is 0 Å². The first kappa shape index (κ1) is 12.9. The summed E-state index contributed by atoms with van der Waals surface area (Å²) in [5.74, 6) is -0.108. The Morgan fingerprint density at radius 2 is 2.13 bits per heavy atom. The van der Waals surface area contributed by atoms with Crippen molar-refractivity contribution in [1.29, 1.82) is 0 Å². The highest BCUT2D eigenvalue weighted by Crippen LogP contribution is 2.10. The SMILES string of the molecule is C#CC(N)=O.O=C(O)c1cccnc1Cl. The molecule has 1 aromatic rings. The van der Waals surface area contributed by atoms with E-state index in [-0.39, 0.29) is 10.7 Å². The molecule has 0 spiro atoms. The molecule has 6 heteroatoms. The van der Waals surface area contributed by atoms with E-state index in [1.54, 1.807) is 5.92 Å². The summed E-state index contributed by atoms with van der Waals surface area (Å²) in [5, 5.41) is 8.46. The maximum absolute atomic E-state index is 10.3. The zero-order valence-corrected chi connectivity index (χ0v) is 8.23. The van der Waals surface area contributed by atoms with E-state index < -0.39 is 11.9 Å². The van der Waals surface area contributed by atoms with E-state index in [0.29, 0.717) is 0 Å². The van der Waals surface area contributed by atoms with Crippen molar-refractivity contribution in [3.05, 3.63) is 29.0 Å². The van der Waals surface area contributed by atoms with Crippen LogP contribution in [0.4, 0.5) is 0 Å². The number of carbonyl (C=O) groups excluding carboxylic acids is 1. The lowest BCUT2D eigenvalue weighted by molar-refractivity contribution is -0.112. The molecule has 0 unspecified atom stereocenters. The smallest absolute Gasteiger partial charge is 0.338 e. The van der Waals surface area contributed by atoms with E-state index >= 15 is 0 Å². The molecule has 0 aliphatic carbocycles. The van der Waals surface area contributed by atoms with Crippen LogP contribution in [0.3, 0.4) is 0 Å². The van der Waals surface area contributed by atoms with Gasteiger partial charge in [-0.2, -0.15) is 0 Å². The number of carboxylic acid groups (broad SMARTS) is 1. The van der Waals surface area contributed by atoms with Crippen LogP contribution in [-0.4, -0.2) is 22.0 Å². The normalized spacial score (nSPS) is 8.00. The maximum Gasteiger partial charge on any atom is 0.338 e. The van der Waals surface area contributed by atoms with Gasteiger partial charge in [-0.15, -0.1) is 6.42 Å². The summed E-state index contributed by atoms with van der Waals surface area (Å²) >= 11 is 5.43. The summed E-state index contributed by atoms with van der Waals surface area (Å²) in [5.41, 5.74) is 4.45. The van der Waals surface area contributed by atoms with Gasteiger partial charge in [0.15, 0.2) is 0 Å². The van der Waals surface area contributed by atoms with Crippen molar-refractivity contribution < 1.29 is 14.7 Å². The van der Waals surface area contributed by atoms with Crippen LogP contribution >= 0.6 is 11.6 Å². The van der Waals surface area contributed by atoms with Crippen LogP contribution in [0.25, 0.3) is 0 Å². The van der Waals surface area contributed by atoms with Crippen LogP contribution in [0.1, 0.15) is 10.4 Å². The van der Waals surface area contributed by atoms with Gasteiger partial charge in [0.2, 0.25) is 0 Å². The van der Waals surface area contributed by atoms with E-state index in [0.717, 1.165) is 0 Å². The molecule has 0 saturated carbocycles. The van der Waals surface area contributed by atoms with Crippen molar-refractivity contribution in [3.8, 4) is 12.3 Å². The zero-order valence-electron chi connectivity index (χ0n) is 7.48. The van der Waals surface area contributed by atoms with Gasteiger partial charge >= 0.3 is 5.97 Å². The Morgan fingerprint density at radius 1 is 1.60 bits per heavy atom. The second-order valence-electron chi connectivity index (χ2n) is 2.16. The number of halogens is 1. The van der Waals surface area contributed by atoms with Crippen molar-refractivity contribution in [1.82, 2.24) is 4.98 Å². The standard InChI is InChI=1S/C6H4ClNO2.C3H3NO/c7-5-4(6(9)10)2-1-3-8-5;1-2-3(4)5/h1-3H,(H,9,10);1H,(H2,4,5). The lowest BCUT2D eigenvalue weighted by Crippen LogP contribution is -2.05. The Morgan fingerprint density at radius 3 is 2.40 bits per heavy atom. The third-order valence-corrected chi connectivity index (χ3v) is 1.43. The van der Waals surface area contributed by atoms with E-state index in [2.05, 4.69) is 17.1 Å². The molecule has 78 valence electrons. The minimum absolute atomic E-state index is 0.0231. The van der Waals surface area contributed by atoms with Gasteiger partial charge < -0.3 is 10.8 Å². The first-order valence-corrected chi connectivity index (χ1v) is 3.96. The number of carboxylic acids is 1. The number of amides is 1. The van der Waals surface area contributed by atoms with Crippen LogP contribution in [-0.2, 0) is 4.79 Å². The van der Waals surface area contributed by atoms with E-state index in [9.17, 15) is 9.59 Å². The summed E-state index contributed by atoms with van der Waals surface area (Å²) in [6.45, 7) is 0. The van der Waals surface area contributed by atoms with Crippen LogP contribution in [0.15, 0.2) is 18.3 Å². The zero-order chi connectivity index (χ0) is 11.8. The third-order valence-electron chi connectivity index (χ3n) is 1.13. The molecule has 0 aromatic carbocycles. The average molecular weight is 227 g/mol. The number of primary amides is 1. The highest BCUT2D eigenvalue weighted by atomic mass is 35.5. The van der Waals surface area contributed by atoms with Crippen molar-refractivity contribution >= 4 is 23.5 Å². The minimum atomic E-state index is -1.06. The third kappa shape index (κ3) is 5.29. The predicted octanol–water partition coefficient (Wildman–Crippen LogP) is 0.538. The number of carbonyl (C=O) groups is 2. The van der Waals surface area contributed by atoms with Gasteiger partial charge in [0.05, 0.1) is 5.56 Å². The molecular formula is C9H7ClN2O3. The highest BCUT2D eigenvalue weighted by molar-refractivity contribution is 6.32. The highest BCUT2D eigenvalue weighted by Gasteiger charge is 2.06. The minimum Gasteiger partial charge on any atom is -0.478 e. The van der Waals surface area contributed by atoms with Crippen LogP contribution < -0.4 is 5.73 Å². The summed E-state index contributed by atoms with van der Waals surface area (Å²) < 4.78 is 0. The number of hydrogen-bond donors (Lipinski definition) is 2. The first-order chi connectivity index (χ1) is 6.99. The van der Waals surface area contributed by atoms with E-state index in [4.69, 9.17) is 16.7 Å². The Balaban J connectivity index is 0.000000336. The fraction of sp³-hybridized carbons (Fsp3) is 0. The fourth-order valence-electron chi connectivity index (χ4n) is 0.546. The van der Waals surface area contributed by atoms with Gasteiger partial charge in [-0.1, -0.05) is 11.6 Å². The van der Waals surface area contributed by atoms with Crippen LogP contribution in [0.2, 0.25) is 5.15 Å². The number of nitrogens with two attached hydrogens (primary N) is 1. The van der Waals surface area contributed by atoms with Crippen LogP contribution in [0, 0.1) is 12.3 Å². The topological polar surface area (TPSA) is 93.3 Å². The summed E-state index contributed by atoms with van der Waals surface area (Å²) in [6, 6.07) is 2.92. The van der Waals surface area contributed by atoms with E-state index in [1.807, 2.05) is 0 Å². The second kappa shape index (κ2) is 6.40. The molecule has 0 fully saturated rings. The van der Waals surface area contributed by atoms with Gasteiger partial charge in [0, 0.05) is 6.20 Å². The molecule has 0 aliphatic heterocycles. The fourth-order valence-corrected chi connectivity index (χ4v) is 0.746. The monoisotopic (exact) mass is 226 g/mol. The molecule has 0 atom stereocenters. The van der Waals surface area contributed by atoms with Crippen LogP contribution in [0.5, 0.6) is 0 Å². The Labute approximate surface area is 90.9 Å². The number of pyridine rings is 1. The first-order valence-electron chi connectivity index (χ1n) is 3.59. The van der Waals surface area contributed by atoms with Gasteiger partial charge in [-0.3, -0.25) is 4.79 Å². The molecule has 5 nitrogen and oxygen atoms in total. The quantitative estimate of drug-likeness (QED) is 0.540. The Hall–Kier alpha value is -2.06. The molecule has 1 aromatic heterocycles. The van der Waals surface area contributed by atoms with Gasteiger partial charge in [-0.05, 0) is 18.1 Å². The van der Waals surface area contributed by atoms with Gasteiger partial charge in [0.25, 0.3) is 5.91 Å². The Kier molecular flexibility index (Phi) is 5.52. The summed E-state index contributed by atoms with van der Waals surface area (Å²) in [7, 11) is 0. The number of aromatic nitrogens is 1.